The molecule has 1 heterocycles. The Labute approximate surface area is 121 Å². The number of hydrogen-bond acceptors (Lipinski definition) is 3. The molecule has 0 aromatic rings. The van der Waals surface area contributed by atoms with Crippen LogP contribution >= 0.6 is 11.8 Å². The first-order valence-corrected chi connectivity index (χ1v) is 8.80. The van der Waals surface area contributed by atoms with Crippen LogP contribution < -0.4 is 0 Å². The number of carbonyl (C=O) groups is 1. The van der Waals surface area contributed by atoms with Crippen molar-refractivity contribution in [3.63, 3.8) is 0 Å². The van der Waals surface area contributed by atoms with Crippen molar-refractivity contribution >= 4 is 17.7 Å². The minimum absolute atomic E-state index is 0.0252. The summed E-state index contributed by atoms with van der Waals surface area (Å²) in [5.74, 6) is -0.126. The van der Waals surface area contributed by atoms with Crippen LogP contribution in [0.5, 0.6) is 0 Å². The molecule has 3 heteroatoms. The lowest BCUT2D eigenvalue weighted by Gasteiger charge is -2.24. The van der Waals surface area contributed by atoms with Gasteiger partial charge in [0, 0.05) is 11.3 Å². The van der Waals surface area contributed by atoms with Crippen molar-refractivity contribution in [2.45, 2.75) is 81.8 Å². The zero-order valence-electron chi connectivity index (χ0n) is 12.0. The van der Waals surface area contributed by atoms with Crippen LogP contribution in [0.15, 0.2) is 11.6 Å². The lowest BCUT2D eigenvalue weighted by molar-refractivity contribution is -0.136. The molecule has 108 valence electrons. The second-order valence-corrected chi connectivity index (χ2v) is 7.06. The van der Waals surface area contributed by atoms with Crippen LogP contribution in [0.4, 0.5) is 0 Å². The van der Waals surface area contributed by atoms with Gasteiger partial charge in [0.05, 0.1) is 0 Å². The maximum Gasteiger partial charge on any atom is 0.332 e. The number of esters is 1. The van der Waals surface area contributed by atoms with Gasteiger partial charge in [-0.25, -0.2) is 4.79 Å². The molecular weight excluding hydrogens is 256 g/mol. The molecule has 0 bridgehead atoms. The number of cyclic esters (lactones) is 1. The van der Waals surface area contributed by atoms with E-state index in [1.807, 2.05) is 11.8 Å². The van der Waals surface area contributed by atoms with Gasteiger partial charge in [0.2, 0.25) is 0 Å². The maximum atomic E-state index is 11.5. The molecule has 0 spiro atoms. The first-order valence-electron chi connectivity index (χ1n) is 7.86. The average Bonchev–Trinajstić information content (AvgIpc) is 2.76. The summed E-state index contributed by atoms with van der Waals surface area (Å²) in [5, 5.41) is 0.698. The molecule has 0 radical (unpaired) electrons. The number of ether oxygens (including phenoxy) is 1. The number of rotatable bonds is 7. The van der Waals surface area contributed by atoms with Gasteiger partial charge < -0.3 is 4.74 Å². The number of unbranched alkanes of at least 4 members (excludes halogenated alkanes) is 3. The molecule has 1 atom stereocenters. The molecule has 1 aliphatic carbocycles. The molecule has 2 aliphatic rings. The van der Waals surface area contributed by atoms with E-state index in [4.69, 9.17) is 4.74 Å². The molecular formula is C16H26O2S. The van der Waals surface area contributed by atoms with Crippen LogP contribution in [-0.4, -0.2) is 16.7 Å². The Bertz CT molecular complexity index is 319. The Morgan fingerprint density at radius 2 is 2.00 bits per heavy atom. The fourth-order valence-electron chi connectivity index (χ4n) is 2.87. The topological polar surface area (TPSA) is 26.3 Å². The SMILES string of the molecule is CCCCCCC1=CC(=O)OC1SC1CCCCC1. The van der Waals surface area contributed by atoms with E-state index in [9.17, 15) is 4.79 Å². The Morgan fingerprint density at radius 3 is 2.74 bits per heavy atom. The fraction of sp³-hybridized carbons (Fsp3) is 0.812. The second-order valence-electron chi connectivity index (χ2n) is 5.69. The molecule has 0 amide bonds. The number of carbonyl (C=O) groups excluding carboxylic acids is 1. The van der Waals surface area contributed by atoms with Gasteiger partial charge in [0.1, 0.15) is 0 Å². The van der Waals surface area contributed by atoms with Gasteiger partial charge in [0.15, 0.2) is 5.44 Å². The number of thioether (sulfide) groups is 1. The van der Waals surface area contributed by atoms with Gasteiger partial charge in [-0.2, -0.15) is 0 Å². The van der Waals surface area contributed by atoms with E-state index in [1.54, 1.807) is 6.08 Å². The van der Waals surface area contributed by atoms with E-state index in [-0.39, 0.29) is 11.4 Å². The largest absolute Gasteiger partial charge is 0.443 e. The highest BCUT2D eigenvalue weighted by molar-refractivity contribution is 8.00. The van der Waals surface area contributed by atoms with Gasteiger partial charge in [-0.1, -0.05) is 45.4 Å². The lowest BCUT2D eigenvalue weighted by Crippen LogP contribution is -2.16. The molecule has 2 rings (SSSR count). The number of hydrogen-bond donors (Lipinski definition) is 0. The van der Waals surface area contributed by atoms with Crippen LogP contribution in [0.3, 0.4) is 0 Å². The third kappa shape index (κ3) is 4.87. The fourth-order valence-corrected chi connectivity index (χ4v) is 4.34. The summed E-state index contributed by atoms with van der Waals surface area (Å²) in [5.41, 5.74) is 1.26. The standard InChI is InChI=1S/C16H26O2S/c1-2-3-4-6-9-13-12-15(17)18-16(13)19-14-10-7-5-8-11-14/h12,14,16H,2-11H2,1H3. The van der Waals surface area contributed by atoms with Gasteiger partial charge in [-0.05, 0) is 31.3 Å². The van der Waals surface area contributed by atoms with E-state index >= 15 is 0 Å². The Balaban J connectivity index is 1.78. The van der Waals surface area contributed by atoms with Crippen LogP contribution in [0.1, 0.15) is 71.1 Å². The first kappa shape index (κ1) is 15.0. The Morgan fingerprint density at radius 1 is 1.21 bits per heavy atom. The quantitative estimate of drug-likeness (QED) is 0.494. The van der Waals surface area contributed by atoms with E-state index < -0.39 is 0 Å². The molecule has 1 fully saturated rings. The normalized spacial score (nSPS) is 24.4. The van der Waals surface area contributed by atoms with Crippen LogP contribution in [0.25, 0.3) is 0 Å². The molecule has 1 saturated carbocycles. The summed E-state index contributed by atoms with van der Waals surface area (Å²) in [6, 6.07) is 0. The zero-order valence-corrected chi connectivity index (χ0v) is 12.8. The van der Waals surface area contributed by atoms with Crippen molar-refractivity contribution in [2.24, 2.45) is 0 Å². The highest BCUT2D eigenvalue weighted by Crippen LogP contribution is 2.37. The third-order valence-electron chi connectivity index (χ3n) is 4.02. The van der Waals surface area contributed by atoms with E-state index in [2.05, 4.69) is 6.92 Å². The molecule has 1 unspecified atom stereocenters. The molecule has 0 aromatic heterocycles. The van der Waals surface area contributed by atoms with Crippen LogP contribution in [0.2, 0.25) is 0 Å². The highest BCUT2D eigenvalue weighted by atomic mass is 32.2. The van der Waals surface area contributed by atoms with Crippen molar-refractivity contribution in [1.29, 1.82) is 0 Å². The molecule has 19 heavy (non-hydrogen) atoms. The molecule has 1 aliphatic heterocycles. The van der Waals surface area contributed by atoms with E-state index in [1.165, 1.54) is 63.4 Å². The maximum absolute atomic E-state index is 11.5. The minimum Gasteiger partial charge on any atom is -0.443 e. The first-order chi connectivity index (χ1) is 9.29. The monoisotopic (exact) mass is 282 g/mol. The average molecular weight is 282 g/mol. The van der Waals surface area contributed by atoms with E-state index in [0.717, 1.165) is 6.42 Å². The molecule has 0 N–H and O–H groups in total. The van der Waals surface area contributed by atoms with Gasteiger partial charge >= 0.3 is 5.97 Å². The molecule has 0 aromatic carbocycles. The smallest absolute Gasteiger partial charge is 0.332 e. The summed E-state index contributed by atoms with van der Waals surface area (Å²) in [6.45, 7) is 2.23. The highest BCUT2D eigenvalue weighted by Gasteiger charge is 2.29. The Hall–Kier alpha value is -0.440. The predicted molar refractivity (Wildman–Crippen MR) is 81.2 cm³/mol. The predicted octanol–water partition coefficient (Wildman–Crippen LogP) is 4.83. The van der Waals surface area contributed by atoms with Crippen molar-refractivity contribution in [3.8, 4) is 0 Å². The lowest BCUT2D eigenvalue weighted by atomic mass is 10.0. The summed E-state index contributed by atoms with van der Waals surface area (Å²) in [4.78, 5) is 11.5. The van der Waals surface area contributed by atoms with Gasteiger partial charge in [0.25, 0.3) is 0 Å². The van der Waals surface area contributed by atoms with E-state index in [0.29, 0.717) is 5.25 Å². The second kappa shape index (κ2) is 7.98. The summed E-state index contributed by atoms with van der Waals surface area (Å²) >= 11 is 1.89. The van der Waals surface area contributed by atoms with Crippen molar-refractivity contribution in [1.82, 2.24) is 0 Å². The Kier molecular flexibility index (Phi) is 6.29. The van der Waals surface area contributed by atoms with Crippen LogP contribution in [0, 0.1) is 0 Å². The minimum atomic E-state index is -0.126. The summed E-state index contributed by atoms with van der Waals surface area (Å²) in [6.07, 6.45) is 14.4. The van der Waals surface area contributed by atoms with Crippen molar-refractivity contribution < 1.29 is 9.53 Å². The molecule has 2 nitrogen and oxygen atoms in total. The molecule has 0 saturated heterocycles. The van der Waals surface area contributed by atoms with Gasteiger partial charge in [-0.15, -0.1) is 11.8 Å². The van der Waals surface area contributed by atoms with Crippen molar-refractivity contribution in [2.75, 3.05) is 0 Å². The van der Waals surface area contributed by atoms with Gasteiger partial charge in [-0.3, -0.25) is 0 Å². The third-order valence-corrected chi connectivity index (χ3v) is 5.52. The van der Waals surface area contributed by atoms with Crippen molar-refractivity contribution in [3.05, 3.63) is 11.6 Å². The van der Waals surface area contributed by atoms with Crippen LogP contribution in [-0.2, 0) is 9.53 Å². The summed E-state index contributed by atoms with van der Waals surface area (Å²) < 4.78 is 5.47. The zero-order chi connectivity index (χ0) is 13.5. The summed E-state index contributed by atoms with van der Waals surface area (Å²) in [7, 11) is 0.